The zero-order valence-electron chi connectivity index (χ0n) is 12.9. The van der Waals surface area contributed by atoms with E-state index in [1.807, 2.05) is 25.1 Å². The van der Waals surface area contributed by atoms with Gasteiger partial charge in [0.25, 0.3) is 0 Å². The van der Waals surface area contributed by atoms with Crippen LogP contribution in [0, 0.1) is 6.92 Å². The summed E-state index contributed by atoms with van der Waals surface area (Å²) in [6.07, 6.45) is 0. The van der Waals surface area contributed by atoms with Crippen LogP contribution < -0.4 is 5.32 Å². The number of hydrogen-bond acceptors (Lipinski definition) is 3. The molecule has 1 aromatic rings. The summed E-state index contributed by atoms with van der Waals surface area (Å²) in [5, 5.41) is 3.11. The molecule has 5 heteroatoms. The Kier molecular flexibility index (Phi) is 3.97. The van der Waals surface area contributed by atoms with E-state index >= 15 is 0 Å². The molecular weight excluding hydrogens is 272 g/mol. The molecule has 0 aromatic heterocycles. The topological polar surface area (TPSA) is 49.4 Å². The fourth-order valence-electron chi connectivity index (χ4n) is 2.23. The first-order chi connectivity index (χ1) is 9.14. The highest BCUT2D eigenvalue weighted by atomic mass is 32.2. The molecule has 0 radical (unpaired) electrons. The average molecular weight is 296 g/mol. The van der Waals surface area contributed by atoms with Gasteiger partial charge in [-0.25, -0.2) is 8.42 Å². The Bertz CT molecular complexity index is 599. The molecule has 0 bridgehead atoms. The molecule has 0 saturated carbocycles. The standard InChI is InChI=1S/C15H24N2O2S/c1-11-6-7-12(15(2,3)4)8-14(11)20(18,19)17(5)13-9-16-10-13/h6-8,13,16H,9-10H2,1-5H3. The molecular formula is C15H24N2O2S. The number of rotatable bonds is 3. The molecule has 20 heavy (non-hydrogen) atoms. The zero-order valence-corrected chi connectivity index (χ0v) is 13.7. The van der Waals surface area contributed by atoms with Crippen LogP contribution >= 0.6 is 0 Å². The first-order valence-electron chi connectivity index (χ1n) is 6.94. The second-order valence-corrected chi connectivity index (χ2v) is 8.53. The first kappa shape index (κ1) is 15.5. The largest absolute Gasteiger partial charge is 0.313 e. The number of hydrogen-bond donors (Lipinski definition) is 1. The minimum absolute atomic E-state index is 0.0609. The van der Waals surface area contributed by atoms with Gasteiger partial charge >= 0.3 is 0 Å². The van der Waals surface area contributed by atoms with Crippen LogP contribution in [0.1, 0.15) is 31.9 Å². The molecule has 1 fully saturated rings. The molecule has 1 aromatic carbocycles. The molecule has 1 aliphatic heterocycles. The van der Waals surface area contributed by atoms with Gasteiger partial charge in [0.15, 0.2) is 0 Å². The molecule has 1 N–H and O–H groups in total. The number of nitrogens with zero attached hydrogens (tertiary/aromatic N) is 1. The van der Waals surface area contributed by atoms with Gasteiger partial charge in [-0.3, -0.25) is 0 Å². The molecule has 0 aliphatic carbocycles. The van der Waals surface area contributed by atoms with E-state index < -0.39 is 10.0 Å². The maximum absolute atomic E-state index is 12.8. The summed E-state index contributed by atoms with van der Waals surface area (Å²) < 4.78 is 27.0. The van der Waals surface area contributed by atoms with Crippen LogP contribution in [0.2, 0.25) is 0 Å². The SMILES string of the molecule is Cc1ccc(C(C)(C)C)cc1S(=O)(=O)N(C)C1CNC1. The van der Waals surface area contributed by atoms with E-state index in [1.165, 1.54) is 4.31 Å². The molecule has 112 valence electrons. The predicted molar refractivity (Wildman–Crippen MR) is 81.5 cm³/mol. The fraction of sp³-hybridized carbons (Fsp3) is 0.600. The lowest BCUT2D eigenvalue weighted by molar-refractivity contribution is 0.274. The van der Waals surface area contributed by atoms with Crippen LogP contribution in [0.25, 0.3) is 0 Å². The number of sulfonamides is 1. The number of nitrogens with one attached hydrogen (secondary N) is 1. The first-order valence-corrected chi connectivity index (χ1v) is 8.38. The van der Waals surface area contributed by atoms with Crippen molar-refractivity contribution in [3.8, 4) is 0 Å². The Morgan fingerprint density at radius 1 is 1.25 bits per heavy atom. The van der Waals surface area contributed by atoms with Crippen molar-refractivity contribution in [3.63, 3.8) is 0 Å². The Balaban J connectivity index is 2.45. The molecule has 1 saturated heterocycles. The number of benzene rings is 1. The van der Waals surface area contributed by atoms with Gasteiger partial charge in [-0.15, -0.1) is 0 Å². The van der Waals surface area contributed by atoms with Crippen molar-refractivity contribution in [2.75, 3.05) is 20.1 Å². The van der Waals surface area contributed by atoms with Crippen LogP contribution in [-0.2, 0) is 15.4 Å². The third-order valence-electron chi connectivity index (χ3n) is 3.99. The third kappa shape index (κ3) is 2.75. The van der Waals surface area contributed by atoms with Crippen molar-refractivity contribution < 1.29 is 8.42 Å². The number of aryl methyl sites for hydroxylation is 1. The summed E-state index contributed by atoms with van der Waals surface area (Å²) in [4.78, 5) is 0.430. The monoisotopic (exact) mass is 296 g/mol. The summed E-state index contributed by atoms with van der Waals surface area (Å²) in [5.41, 5.74) is 1.79. The molecule has 1 aliphatic rings. The van der Waals surface area contributed by atoms with Crippen molar-refractivity contribution in [3.05, 3.63) is 29.3 Å². The Labute approximate surface area is 122 Å². The van der Waals surface area contributed by atoms with Gasteiger partial charge in [-0.2, -0.15) is 4.31 Å². The van der Waals surface area contributed by atoms with Gasteiger partial charge in [0.05, 0.1) is 4.90 Å². The van der Waals surface area contributed by atoms with Gasteiger partial charge in [0.2, 0.25) is 10.0 Å². The normalized spacial score (nSPS) is 17.3. The summed E-state index contributed by atoms with van der Waals surface area (Å²) in [6, 6.07) is 5.81. The van der Waals surface area contributed by atoms with Crippen LogP contribution in [0.5, 0.6) is 0 Å². The van der Waals surface area contributed by atoms with Crippen molar-refractivity contribution in [1.82, 2.24) is 9.62 Å². The average Bonchev–Trinajstić information content (AvgIpc) is 2.25. The minimum Gasteiger partial charge on any atom is -0.313 e. The van der Waals surface area contributed by atoms with E-state index in [2.05, 4.69) is 26.1 Å². The van der Waals surface area contributed by atoms with Crippen LogP contribution in [0.15, 0.2) is 23.1 Å². The van der Waals surface area contributed by atoms with E-state index in [9.17, 15) is 8.42 Å². The third-order valence-corrected chi connectivity index (χ3v) is 6.04. The zero-order chi connectivity index (χ0) is 15.1. The van der Waals surface area contributed by atoms with E-state index in [-0.39, 0.29) is 11.5 Å². The quantitative estimate of drug-likeness (QED) is 0.926. The minimum atomic E-state index is -3.42. The van der Waals surface area contributed by atoms with Crippen molar-refractivity contribution >= 4 is 10.0 Å². The molecule has 4 nitrogen and oxygen atoms in total. The van der Waals surface area contributed by atoms with Crippen LogP contribution in [0.3, 0.4) is 0 Å². The number of likely N-dealkylation sites (N-methyl/N-ethyl adjacent to an activating group) is 1. The molecule has 2 rings (SSSR count). The lowest BCUT2D eigenvalue weighted by Crippen LogP contribution is -2.57. The Morgan fingerprint density at radius 3 is 2.30 bits per heavy atom. The lowest BCUT2D eigenvalue weighted by atomic mass is 9.87. The lowest BCUT2D eigenvalue weighted by Gasteiger charge is -2.35. The summed E-state index contributed by atoms with van der Waals surface area (Å²) in [6.45, 7) is 9.59. The molecule has 0 unspecified atom stereocenters. The highest BCUT2D eigenvalue weighted by Gasteiger charge is 2.33. The maximum Gasteiger partial charge on any atom is 0.243 e. The second-order valence-electron chi connectivity index (χ2n) is 6.56. The smallest absolute Gasteiger partial charge is 0.243 e. The van der Waals surface area contributed by atoms with Gasteiger partial charge in [-0.1, -0.05) is 32.9 Å². The van der Waals surface area contributed by atoms with Gasteiger partial charge in [-0.05, 0) is 29.5 Å². The molecule has 0 atom stereocenters. The van der Waals surface area contributed by atoms with Gasteiger partial charge in [0, 0.05) is 26.2 Å². The Hall–Kier alpha value is -0.910. The summed E-state index contributed by atoms with van der Waals surface area (Å²) >= 11 is 0. The van der Waals surface area contributed by atoms with Crippen LogP contribution in [0.4, 0.5) is 0 Å². The van der Waals surface area contributed by atoms with Crippen molar-refractivity contribution in [1.29, 1.82) is 0 Å². The highest BCUT2D eigenvalue weighted by molar-refractivity contribution is 7.89. The van der Waals surface area contributed by atoms with E-state index in [1.54, 1.807) is 7.05 Å². The summed E-state index contributed by atoms with van der Waals surface area (Å²) in [5.74, 6) is 0. The van der Waals surface area contributed by atoms with Gasteiger partial charge < -0.3 is 5.32 Å². The molecule has 0 amide bonds. The highest BCUT2D eigenvalue weighted by Crippen LogP contribution is 2.28. The van der Waals surface area contributed by atoms with Gasteiger partial charge in [0.1, 0.15) is 0 Å². The second kappa shape index (κ2) is 5.13. The van der Waals surface area contributed by atoms with E-state index in [4.69, 9.17) is 0 Å². The van der Waals surface area contributed by atoms with Crippen molar-refractivity contribution in [2.24, 2.45) is 0 Å². The van der Waals surface area contributed by atoms with E-state index in [0.29, 0.717) is 4.90 Å². The maximum atomic E-state index is 12.8. The van der Waals surface area contributed by atoms with E-state index in [0.717, 1.165) is 24.2 Å². The Morgan fingerprint density at radius 2 is 1.85 bits per heavy atom. The molecule has 1 heterocycles. The van der Waals surface area contributed by atoms with Crippen molar-refractivity contribution in [2.45, 2.75) is 44.0 Å². The molecule has 0 spiro atoms. The summed E-state index contributed by atoms with van der Waals surface area (Å²) in [7, 11) is -1.75. The predicted octanol–water partition coefficient (Wildman–Crippen LogP) is 1.88. The van der Waals surface area contributed by atoms with Crippen LogP contribution in [-0.4, -0.2) is 38.9 Å². The fourth-order valence-corrected chi connectivity index (χ4v) is 3.83.